The van der Waals surface area contributed by atoms with Gasteiger partial charge in [-0.15, -0.1) is 0 Å². The average Bonchev–Trinajstić information content (AvgIpc) is 3.42. The third kappa shape index (κ3) is 3.74. The highest BCUT2D eigenvalue weighted by Crippen LogP contribution is 2.40. The van der Waals surface area contributed by atoms with Crippen LogP contribution in [0, 0.1) is 11.7 Å². The zero-order chi connectivity index (χ0) is 18.8. The molecule has 0 radical (unpaired) electrons. The van der Waals surface area contributed by atoms with Crippen LogP contribution in [0.2, 0.25) is 0 Å². The van der Waals surface area contributed by atoms with E-state index in [1.165, 1.54) is 18.5 Å². The Hall–Kier alpha value is -3.02. The quantitative estimate of drug-likeness (QED) is 0.720. The van der Waals surface area contributed by atoms with Crippen molar-refractivity contribution in [1.29, 1.82) is 0 Å². The summed E-state index contributed by atoms with van der Waals surface area (Å²) < 4.78 is 15.3. The van der Waals surface area contributed by atoms with Crippen LogP contribution in [0.1, 0.15) is 42.0 Å². The number of aromatic nitrogens is 3. The molecule has 3 aromatic rings. The summed E-state index contributed by atoms with van der Waals surface area (Å²) in [6, 6.07) is 13.5. The fraction of sp³-hybridized carbons (Fsp3) is 0.286. The second-order valence-electron chi connectivity index (χ2n) is 6.81. The zero-order valence-electron chi connectivity index (χ0n) is 15.1. The molecule has 27 heavy (non-hydrogen) atoms. The molecule has 5 nitrogen and oxygen atoms in total. The van der Waals surface area contributed by atoms with Gasteiger partial charge in [0.15, 0.2) is 0 Å². The third-order valence-corrected chi connectivity index (χ3v) is 4.89. The van der Waals surface area contributed by atoms with E-state index in [4.69, 9.17) is 0 Å². The van der Waals surface area contributed by atoms with Crippen molar-refractivity contribution >= 4 is 5.91 Å². The summed E-state index contributed by atoms with van der Waals surface area (Å²) >= 11 is 0. The highest BCUT2D eigenvalue weighted by Gasteiger charge is 2.36. The number of hydrogen-bond acceptors (Lipinski definition) is 3. The minimum absolute atomic E-state index is 0.141. The van der Waals surface area contributed by atoms with Crippen molar-refractivity contribution in [2.24, 2.45) is 5.92 Å². The molecule has 0 spiro atoms. The van der Waals surface area contributed by atoms with E-state index >= 15 is 0 Å². The predicted octanol–water partition coefficient (Wildman–Crippen LogP) is 3.99. The maximum absolute atomic E-state index is 13.5. The molecule has 2 aromatic carbocycles. The standard InChI is InChI=1S/C21H21FN4O/c1-2-26-20(23-13-24-26)19(14-9-10-14)25-21(27)17-7-3-5-15(11-17)16-6-4-8-18(22)12-16/h3-8,11-14,19H,2,9-10H2,1H3,(H,25,27)/t19-/m1/s1. The number of nitrogens with zero attached hydrogens (tertiary/aromatic N) is 3. The van der Waals surface area contributed by atoms with Gasteiger partial charge in [-0.25, -0.2) is 14.1 Å². The molecule has 0 saturated heterocycles. The van der Waals surface area contributed by atoms with Crippen LogP contribution in [0.4, 0.5) is 4.39 Å². The molecule has 1 aliphatic carbocycles. The summed E-state index contributed by atoms with van der Waals surface area (Å²) in [6.07, 6.45) is 3.68. The van der Waals surface area contributed by atoms with E-state index in [9.17, 15) is 9.18 Å². The fourth-order valence-electron chi connectivity index (χ4n) is 3.31. The van der Waals surface area contributed by atoms with Gasteiger partial charge in [0.25, 0.3) is 5.91 Å². The van der Waals surface area contributed by atoms with Crippen molar-refractivity contribution < 1.29 is 9.18 Å². The normalized spacial score (nSPS) is 14.7. The fourth-order valence-corrected chi connectivity index (χ4v) is 3.31. The summed E-state index contributed by atoms with van der Waals surface area (Å²) in [4.78, 5) is 17.3. The van der Waals surface area contributed by atoms with Crippen LogP contribution in [-0.4, -0.2) is 20.7 Å². The Morgan fingerprint density at radius 2 is 1.96 bits per heavy atom. The third-order valence-electron chi connectivity index (χ3n) is 4.89. The summed E-state index contributed by atoms with van der Waals surface area (Å²) in [6.45, 7) is 2.72. The van der Waals surface area contributed by atoms with Crippen molar-refractivity contribution in [2.75, 3.05) is 0 Å². The first-order valence-corrected chi connectivity index (χ1v) is 9.20. The average molecular weight is 364 g/mol. The molecular formula is C21H21FN4O. The van der Waals surface area contributed by atoms with E-state index < -0.39 is 0 Å². The topological polar surface area (TPSA) is 59.8 Å². The van der Waals surface area contributed by atoms with Gasteiger partial charge in [0.2, 0.25) is 0 Å². The number of amides is 1. The van der Waals surface area contributed by atoms with Gasteiger partial charge in [0.05, 0.1) is 6.04 Å². The van der Waals surface area contributed by atoms with Crippen LogP contribution >= 0.6 is 0 Å². The number of halogens is 1. The van der Waals surface area contributed by atoms with Crippen LogP contribution in [0.3, 0.4) is 0 Å². The van der Waals surface area contributed by atoms with E-state index in [-0.39, 0.29) is 17.8 Å². The van der Waals surface area contributed by atoms with Crippen molar-refractivity contribution in [2.45, 2.75) is 32.4 Å². The monoisotopic (exact) mass is 364 g/mol. The highest BCUT2D eigenvalue weighted by atomic mass is 19.1. The van der Waals surface area contributed by atoms with Gasteiger partial charge >= 0.3 is 0 Å². The lowest BCUT2D eigenvalue weighted by Crippen LogP contribution is -2.32. The number of carbonyl (C=O) groups is 1. The minimum atomic E-state index is -0.296. The molecule has 0 bridgehead atoms. The Balaban J connectivity index is 1.58. The van der Waals surface area contributed by atoms with E-state index in [0.29, 0.717) is 18.0 Å². The van der Waals surface area contributed by atoms with Gasteiger partial charge in [-0.1, -0.05) is 24.3 Å². The van der Waals surface area contributed by atoms with E-state index in [2.05, 4.69) is 15.4 Å². The molecular weight excluding hydrogens is 343 g/mol. The second-order valence-corrected chi connectivity index (χ2v) is 6.81. The van der Waals surface area contributed by atoms with E-state index in [1.807, 2.05) is 29.8 Å². The summed E-state index contributed by atoms with van der Waals surface area (Å²) in [5, 5.41) is 7.35. The molecule has 0 unspecified atom stereocenters. The van der Waals surface area contributed by atoms with E-state index in [1.54, 1.807) is 18.2 Å². The summed E-state index contributed by atoms with van der Waals surface area (Å²) in [5.74, 6) is 0.746. The molecule has 1 heterocycles. The number of rotatable bonds is 6. The Morgan fingerprint density at radius 1 is 1.22 bits per heavy atom. The Kier molecular flexibility index (Phi) is 4.71. The van der Waals surface area contributed by atoms with Crippen molar-refractivity contribution in [3.8, 4) is 11.1 Å². The SMILES string of the molecule is CCn1ncnc1[C@H](NC(=O)c1cccc(-c2cccc(F)c2)c1)C1CC1. The zero-order valence-corrected chi connectivity index (χ0v) is 15.1. The second kappa shape index (κ2) is 7.31. The molecule has 0 aliphatic heterocycles. The molecule has 1 fully saturated rings. The lowest BCUT2D eigenvalue weighted by atomic mass is 10.0. The van der Waals surface area contributed by atoms with Gasteiger partial charge in [-0.2, -0.15) is 5.10 Å². The number of nitrogens with one attached hydrogen (secondary N) is 1. The highest BCUT2D eigenvalue weighted by molar-refractivity contribution is 5.95. The molecule has 1 saturated carbocycles. The van der Waals surface area contributed by atoms with Gasteiger partial charge in [-0.05, 0) is 61.1 Å². The van der Waals surface area contributed by atoms with Crippen LogP contribution in [0.25, 0.3) is 11.1 Å². The van der Waals surface area contributed by atoms with Gasteiger partial charge in [0.1, 0.15) is 18.0 Å². The lowest BCUT2D eigenvalue weighted by Gasteiger charge is -2.18. The van der Waals surface area contributed by atoms with Crippen LogP contribution in [-0.2, 0) is 6.54 Å². The molecule has 6 heteroatoms. The Morgan fingerprint density at radius 3 is 2.67 bits per heavy atom. The molecule has 1 aliphatic rings. The maximum Gasteiger partial charge on any atom is 0.251 e. The number of hydrogen-bond donors (Lipinski definition) is 1. The van der Waals surface area contributed by atoms with Crippen LogP contribution < -0.4 is 5.32 Å². The summed E-state index contributed by atoms with van der Waals surface area (Å²) in [7, 11) is 0. The first kappa shape index (κ1) is 17.4. The van der Waals surface area contributed by atoms with Crippen molar-refractivity contribution in [3.63, 3.8) is 0 Å². The van der Waals surface area contributed by atoms with Gasteiger partial charge in [-0.3, -0.25) is 4.79 Å². The van der Waals surface area contributed by atoms with Crippen LogP contribution in [0.15, 0.2) is 54.9 Å². The molecule has 1 N–H and O–H groups in total. The number of carbonyl (C=O) groups excluding carboxylic acids is 1. The molecule has 138 valence electrons. The molecule has 4 rings (SSSR count). The van der Waals surface area contributed by atoms with Gasteiger partial charge in [0, 0.05) is 12.1 Å². The molecule has 1 aromatic heterocycles. The summed E-state index contributed by atoms with van der Waals surface area (Å²) in [5.41, 5.74) is 2.10. The van der Waals surface area contributed by atoms with Gasteiger partial charge < -0.3 is 5.32 Å². The Bertz CT molecular complexity index is 964. The van der Waals surface area contributed by atoms with Crippen molar-refractivity contribution in [1.82, 2.24) is 20.1 Å². The first-order chi connectivity index (χ1) is 13.2. The number of aryl methyl sites for hydroxylation is 1. The minimum Gasteiger partial charge on any atom is -0.342 e. The van der Waals surface area contributed by atoms with Crippen LogP contribution in [0.5, 0.6) is 0 Å². The number of benzene rings is 2. The lowest BCUT2D eigenvalue weighted by molar-refractivity contribution is 0.0928. The first-order valence-electron chi connectivity index (χ1n) is 9.20. The van der Waals surface area contributed by atoms with E-state index in [0.717, 1.165) is 29.8 Å². The van der Waals surface area contributed by atoms with Crippen molar-refractivity contribution in [3.05, 3.63) is 72.1 Å². The molecule has 1 amide bonds. The maximum atomic E-state index is 13.5. The largest absolute Gasteiger partial charge is 0.342 e. The smallest absolute Gasteiger partial charge is 0.251 e. The predicted molar refractivity (Wildman–Crippen MR) is 100 cm³/mol. The Labute approximate surface area is 157 Å². The molecule has 1 atom stereocenters.